The van der Waals surface area contributed by atoms with E-state index in [1.165, 1.54) is 38.5 Å². The van der Waals surface area contributed by atoms with Crippen molar-refractivity contribution in [1.82, 2.24) is 0 Å². The molecular weight excluding hydrogens is 468 g/mol. The van der Waals surface area contributed by atoms with Gasteiger partial charge in [-0.1, -0.05) is 6.07 Å². The third-order valence-electron chi connectivity index (χ3n) is 5.52. The molecule has 0 aliphatic carbocycles. The fraction of sp³-hybridized carbons (Fsp3) is 0.269. The number of sulfonamides is 1. The van der Waals surface area contributed by atoms with E-state index in [2.05, 4.69) is 16.1 Å². The minimum atomic E-state index is -3.89. The van der Waals surface area contributed by atoms with E-state index in [0.29, 0.717) is 22.9 Å². The Hall–Kier alpha value is -3.72. The van der Waals surface area contributed by atoms with Crippen LogP contribution in [0.2, 0.25) is 0 Å². The first kappa shape index (κ1) is 25.9. The Balaban J connectivity index is 1.69. The summed E-state index contributed by atoms with van der Waals surface area (Å²) in [7, 11) is -0.938. The maximum absolute atomic E-state index is 12.9. The molecule has 35 heavy (non-hydrogen) atoms. The molecule has 186 valence electrons. The van der Waals surface area contributed by atoms with Crippen molar-refractivity contribution in [1.29, 1.82) is 0 Å². The van der Waals surface area contributed by atoms with Gasteiger partial charge in [0.2, 0.25) is 0 Å². The number of benzene rings is 3. The fourth-order valence-corrected chi connectivity index (χ4v) is 4.49. The van der Waals surface area contributed by atoms with Crippen molar-refractivity contribution in [2.45, 2.75) is 38.7 Å². The molecule has 1 atom stereocenters. The molecule has 2 N–H and O–H groups in total. The van der Waals surface area contributed by atoms with Crippen LogP contribution < -0.4 is 24.2 Å². The normalized spacial score (nSPS) is 11.9. The number of amides is 1. The van der Waals surface area contributed by atoms with Gasteiger partial charge in [-0.05, 0) is 86.8 Å². The standard InChI is InChI=1S/C26H30N2O6S/c1-16-13-17(2)18(3)24(14-16)34-19(4)26(29)27-20-7-10-22(11-8-20)35(30,31)28-23-12-9-21(32-5)15-25(23)33-6/h7-15,19,28H,1-6H3,(H,27,29)/t19-/m0/s1. The Labute approximate surface area is 206 Å². The number of methoxy groups -OCH3 is 2. The van der Waals surface area contributed by atoms with Gasteiger partial charge in [0, 0.05) is 11.8 Å². The molecule has 8 nitrogen and oxygen atoms in total. The van der Waals surface area contributed by atoms with Gasteiger partial charge in [-0.2, -0.15) is 0 Å². The predicted octanol–water partition coefficient (Wildman–Crippen LogP) is 4.84. The molecule has 0 saturated heterocycles. The summed E-state index contributed by atoms with van der Waals surface area (Å²) in [4.78, 5) is 12.7. The molecule has 0 spiro atoms. The molecule has 1 amide bonds. The highest BCUT2D eigenvalue weighted by Gasteiger charge is 2.19. The Morgan fingerprint density at radius 2 is 1.57 bits per heavy atom. The van der Waals surface area contributed by atoms with E-state index in [1.54, 1.807) is 25.1 Å². The highest BCUT2D eigenvalue weighted by molar-refractivity contribution is 7.92. The van der Waals surface area contributed by atoms with Gasteiger partial charge in [0.1, 0.15) is 17.2 Å². The van der Waals surface area contributed by atoms with Crippen LogP contribution in [-0.4, -0.2) is 34.6 Å². The van der Waals surface area contributed by atoms with Gasteiger partial charge in [0.25, 0.3) is 15.9 Å². The zero-order valence-corrected chi connectivity index (χ0v) is 21.4. The average Bonchev–Trinajstić information content (AvgIpc) is 2.82. The fourth-order valence-electron chi connectivity index (χ4n) is 3.41. The van der Waals surface area contributed by atoms with Gasteiger partial charge in [0.15, 0.2) is 6.10 Å². The lowest BCUT2D eigenvalue weighted by Gasteiger charge is -2.18. The molecule has 0 heterocycles. The van der Waals surface area contributed by atoms with Crippen LogP contribution in [0.15, 0.2) is 59.5 Å². The highest BCUT2D eigenvalue weighted by atomic mass is 32.2. The summed E-state index contributed by atoms with van der Waals surface area (Å²) < 4.78 is 44.5. The van der Waals surface area contributed by atoms with Gasteiger partial charge >= 0.3 is 0 Å². The number of ether oxygens (including phenoxy) is 3. The summed E-state index contributed by atoms with van der Waals surface area (Å²) in [5.74, 6) is 1.17. The highest BCUT2D eigenvalue weighted by Crippen LogP contribution is 2.31. The van der Waals surface area contributed by atoms with Crippen LogP contribution in [0.4, 0.5) is 11.4 Å². The lowest BCUT2D eigenvalue weighted by molar-refractivity contribution is -0.122. The van der Waals surface area contributed by atoms with Crippen LogP contribution in [0.3, 0.4) is 0 Å². The number of nitrogens with one attached hydrogen (secondary N) is 2. The van der Waals surface area contributed by atoms with Crippen LogP contribution in [0.25, 0.3) is 0 Å². The number of anilines is 2. The number of carbonyl (C=O) groups is 1. The van der Waals surface area contributed by atoms with E-state index in [0.717, 1.165) is 16.7 Å². The van der Waals surface area contributed by atoms with Crippen LogP contribution >= 0.6 is 0 Å². The van der Waals surface area contributed by atoms with Crippen LogP contribution in [0, 0.1) is 20.8 Å². The second kappa shape index (κ2) is 10.7. The number of rotatable bonds is 9. The molecule has 0 unspecified atom stereocenters. The van der Waals surface area contributed by atoms with Gasteiger partial charge in [-0.3, -0.25) is 9.52 Å². The first-order valence-corrected chi connectivity index (χ1v) is 12.4. The largest absolute Gasteiger partial charge is 0.497 e. The summed E-state index contributed by atoms with van der Waals surface area (Å²) in [6, 6.07) is 14.6. The van der Waals surface area contributed by atoms with Crippen LogP contribution in [0.1, 0.15) is 23.6 Å². The van der Waals surface area contributed by atoms with Crippen molar-refractivity contribution in [2.75, 3.05) is 24.3 Å². The quantitative estimate of drug-likeness (QED) is 0.438. The van der Waals surface area contributed by atoms with E-state index >= 15 is 0 Å². The molecule has 3 rings (SSSR count). The Morgan fingerprint density at radius 3 is 2.20 bits per heavy atom. The third-order valence-corrected chi connectivity index (χ3v) is 6.90. The zero-order chi connectivity index (χ0) is 25.8. The predicted molar refractivity (Wildman–Crippen MR) is 136 cm³/mol. The number of carbonyl (C=O) groups excluding carboxylic acids is 1. The first-order valence-electron chi connectivity index (χ1n) is 10.9. The van der Waals surface area contributed by atoms with Crippen molar-refractivity contribution in [3.05, 3.63) is 71.3 Å². The monoisotopic (exact) mass is 498 g/mol. The van der Waals surface area contributed by atoms with Crippen LogP contribution in [0.5, 0.6) is 17.2 Å². The van der Waals surface area contributed by atoms with Crippen LogP contribution in [-0.2, 0) is 14.8 Å². The van der Waals surface area contributed by atoms with Crippen molar-refractivity contribution in [3.63, 3.8) is 0 Å². The Bertz CT molecular complexity index is 1320. The number of hydrogen-bond acceptors (Lipinski definition) is 6. The van der Waals surface area contributed by atoms with Crippen molar-refractivity contribution >= 4 is 27.3 Å². The van der Waals surface area contributed by atoms with Gasteiger partial charge < -0.3 is 19.5 Å². The number of hydrogen-bond donors (Lipinski definition) is 2. The van der Waals surface area contributed by atoms with E-state index in [1.807, 2.05) is 26.8 Å². The molecule has 3 aromatic carbocycles. The molecule has 0 aromatic heterocycles. The molecule has 0 saturated carbocycles. The summed E-state index contributed by atoms with van der Waals surface area (Å²) in [5, 5.41) is 2.76. The third kappa shape index (κ3) is 6.24. The van der Waals surface area contributed by atoms with Gasteiger partial charge in [0.05, 0.1) is 24.8 Å². The second-order valence-electron chi connectivity index (χ2n) is 8.15. The molecule has 0 radical (unpaired) electrons. The minimum Gasteiger partial charge on any atom is -0.497 e. The molecule has 0 fully saturated rings. The molecule has 0 aliphatic heterocycles. The minimum absolute atomic E-state index is 0.0310. The zero-order valence-electron chi connectivity index (χ0n) is 20.6. The molecule has 0 aliphatic rings. The molecule has 3 aromatic rings. The van der Waals surface area contributed by atoms with Gasteiger partial charge in [-0.15, -0.1) is 0 Å². The second-order valence-corrected chi connectivity index (χ2v) is 9.83. The summed E-state index contributed by atoms with van der Waals surface area (Å²) >= 11 is 0. The SMILES string of the molecule is COc1ccc(NS(=O)(=O)c2ccc(NC(=O)[C@H](C)Oc3cc(C)cc(C)c3C)cc2)c(OC)c1. The Morgan fingerprint density at radius 1 is 0.886 bits per heavy atom. The summed E-state index contributed by atoms with van der Waals surface area (Å²) in [6.45, 7) is 7.58. The molecular formula is C26H30N2O6S. The number of aryl methyl sites for hydroxylation is 2. The van der Waals surface area contributed by atoms with E-state index in [-0.39, 0.29) is 16.5 Å². The van der Waals surface area contributed by atoms with Crippen molar-refractivity contribution in [2.24, 2.45) is 0 Å². The maximum Gasteiger partial charge on any atom is 0.265 e. The summed E-state index contributed by atoms with van der Waals surface area (Å²) in [5.41, 5.74) is 3.84. The maximum atomic E-state index is 12.9. The molecule has 9 heteroatoms. The topological polar surface area (TPSA) is 103 Å². The van der Waals surface area contributed by atoms with Crippen molar-refractivity contribution < 1.29 is 27.4 Å². The van der Waals surface area contributed by atoms with E-state index < -0.39 is 16.1 Å². The Kier molecular flexibility index (Phi) is 7.91. The van der Waals surface area contributed by atoms with E-state index in [4.69, 9.17) is 14.2 Å². The summed E-state index contributed by atoms with van der Waals surface area (Å²) in [6.07, 6.45) is -0.748. The molecule has 0 bridgehead atoms. The average molecular weight is 499 g/mol. The lowest BCUT2D eigenvalue weighted by atomic mass is 10.1. The van der Waals surface area contributed by atoms with Gasteiger partial charge in [-0.25, -0.2) is 8.42 Å². The smallest absolute Gasteiger partial charge is 0.265 e. The lowest BCUT2D eigenvalue weighted by Crippen LogP contribution is -2.30. The van der Waals surface area contributed by atoms with Crippen molar-refractivity contribution in [3.8, 4) is 17.2 Å². The van der Waals surface area contributed by atoms with E-state index in [9.17, 15) is 13.2 Å². The first-order chi connectivity index (χ1) is 16.5.